The van der Waals surface area contributed by atoms with Gasteiger partial charge < -0.3 is 0 Å². The zero-order valence-electron chi connectivity index (χ0n) is 9.68. The summed E-state index contributed by atoms with van der Waals surface area (Å²) in [6.07, 6.45) is 9.14. The van der Waals surface area contributed by atoms with E-state index in [-0.39, 0.29) is 17.1 Å². The van der Waals surface area contributed by atoms with Crippen LogP contribution in [-0.4, -0.2) is 0 Å². The van der Waals surface area contributed by atoms with Crippen LogP contribution in [0.25, 0.3) is 0 Å². The van der Waals surface area contributed by atoms with Gasteiger partial charge in [0.25, 0.3) is 0 Å². The third-order valence-corrected chi connectivity index (χ3v) is 7.45. The Morgan fingerprint density at radius 2 is 2.00 bits per heavy atom. The third kappa shape index (κ3) is 8.69. The van der Waals surface area contributed by atoms with Crippen molar-refractivity contribution in [3.8, 4) is 0 Å². The van der Waals surface area contributed by atoms with Gasteiger partial charge in [-0.05, 0) is 0 Å². The van der Waals surface area contributed by atoms with E-state index in [1.165, 1.54) is 32.1 Å². The Hall–Kier alpha value is 0.363. The quantitative estimate of drug-likeness (QED) is 0.320. The zero-order valence-corrected chi connectivity index (χ0v) is 12.6. The average Bonchev–Trinajstić information content (AvgIpc) is 2.04. The van der Waals surface area contributed by atoms with Gasteiger partial charge in [0.15, 0.2) is 0 Å². The fourth-order valence-electron chi connectivity index (χ4n) is 1.92. The molecule has 1 unspecified atom stereocenters. The summed E-state index contributed by atoms with van der Waals surface area (Å²) >= 11 is -0.277. The van der Waals surface area contributed by atoms with E-state index in [9.17, 15) is 0 Å². The molecule has 0 aliphatic carbocycles. The fraction of sp³-hybridized carbons (Fsp3) is 0.833. The number of hydrogen-bond acceptors (Lipinski definition) is 0. The normalized spacial score (nSPS) is 12.6. The maximum absolute atomic E-state index is 3.87. The first-order valence-corrected chi connectivity index (χ1v) is 9.24. The van der Waals surface area contributed by atoms with Crippen LogP contribution in [-0.2, 0) is 17.1 Å². The van der Waals surface area contributed by atoms with E-state index in [2.05, 4.69) is 33.4 Å². The molecule has 1 heteroatoms. The van der Waals surface area contributed by atoms with Gasteiger partial charge in [-0.3, -0.25) is 0 Å². The van der Waals surface area contributed by atoms with Crippen molar-refractivity contribution in [3.63, 3.8) is 0 Å². The molecule has 0 rings (SSSR count). The van der Waals surface area contributed by atoms with Gasteiger partial charge in [0, 0.05) is 0 Å². The summed E-state index contributed by atoms with van der Waals surface area (Å²) in [4.78, 5) is 0. The van der Waals surface area contributed by atoms with Gasteiger partial charge in [-0.15, -0.1) is 0 Å². The van der Waals surface area contributed by atoms with Crippen LogP contribution >= 0.6 is 0 Å². The van der Waals surface area contributed by atoms with Crippen molar-refractivity contribution in [1.29, 1.82) is 0 Å². The van der Waals surface area contributed by atoms with Crippen molar-refractivity contribution < 1.29 is 17.1 Å². The molecule has 0 nitrogen and oxygen atoms in total. The van der Waals surface area contributed by atoms with Gasteiger partial charge in [-0.1, -0.05) is 0 Å². The van der Waals surface area contributed by atoms with E-state index >= 15 is 0 Å². The summed E-state index contributed by atoms with van der Waals surface area (Å²) < 4.78 is 2.11. The Bertz CT molecular complexity index is 118. The van der Waals surface area contributed by atoms with Gasteiger partial charge in [0.05, 0.1) is 0 Å². The van der Waals surface area contributed by atoms with Crippen molar-refractivity contribution in [2.24, 2.45) is 0 Å². The molecular formula is C12H24Zn. The average molecular weight is 234 g/mol. The molecule has 0 spiro atoms. The first-order valence-electron chi connectivity index (χ1n) is 5.81. The molecule has 0 fully saturated rings. The van der Waals surface area contributed by atoms with Gasteiger partial charge in [-0.25, -0.2) is 0 Å². The summed E-state index contributed by atoms with van der Waals surface area (Å²) in [5, 5.41) is 0. The fourth-order valence-corrected chi connectivity index (χ4v) is 6.71. The standard InChI is InChI=1S/C9H17.C3H7.Zn/c1-3-5-7-9-8-6-4-2;1-3-2;/h3,7H,1,4-6,8-9H2,2H3;3H,1-2H3;. The van der Waals surface area contributed by atoms with Crippen LogP contribution < -0.4 is 0 Å². The first kappa shape index (κ1) is 13.4. The number of hydrogen-bond donors (Lipinski definition) is 0. The van der Waals surface area contributed by atoms with Crippen molar-refractivity contribution >= 4 is 0 Å². The van der Waals surface area contributed by atoms with E-state index in [1.54, 1.807) is 0 Å². The van der Waals surface area contributed by atoms with E-state index in [4.69, 9.17) is 0 Å². The molecule has 13 heavy (non-hydrogen) atoms. The second-order valence-corrected chi connectivity index (χ2v) is 11.4. The van der Waals surface area contributed by atoms with E-state index < -0.39 is 0 Å². The molecule has 0 radical (unpaired) electrons. The third-order valence-electron chi connectivity index (χ3n) is 2.52. The van der Waals surface area contributed by atoms with Gasteiger partial charge in [0.2, 0.25) is 0 Å². The summed E-state index contributed by atoms with van der Waals surface area (Å²) in [6, 6.07) is 0. The van der Waals surface area contributed by atoms with Crippen LogP contribution in [0.1, 0.15) is 52.9 Å². The van der Waals surface area contributed by atoms with E-state index in [0.29, 0.717) is 0 Å². The first-order chi connectivity index (χ1) is 6.20. The molecule has 0 aromatic rings. The zero-order chi connectivity index (χ0) is 10.1. The predicted octanol–water partition coefficient (Wildman–Crippen LogP) is 4.84. The van der Waals surface area contributed by atoms with Crippen LogP contribution in [0.3, 0.4) is 0 Å². The Balaban J connectivity index is 3.59. The molecule has 0 bridgehead atoms. The molecule has 1 atom stereocenters. The monoisotopic (exact) mass is 232 g/mol. The van der Waals surface area contributed by atoms with Crippen LogP contribution in [0, 0.1) is 0 Å². The van der Waals surface area contributed by atoms with E-state index in [0.717, 1.165) is 9.02 Å². The molecular weight excluding hydrogens is 210 g/mol. The Morgan fingerprint density at radius 3 is 2.46 bits per heavy atom. The molecule has 0 heterocycles. The van der Waals surface area contributed by atoms with Crippen LogP contribution in [0.15, 0.2) is 12.7 Å². The van der Waals surface area contributed by atoms with Crippen LogP contribution in [0.5, 0.6) is 0 Å². The van der Waals surface area contributed by atoms with Gasteiger partial charge in [-0.2, -0.15) is 0 Å². The minimum absolute atomic E-state index is 0.277. The van der Waals surface area contributed by atoms with Gasteiger partial charge >= 0.3 is 91.7 Å². The van der Waals surface area contributed by atoms with Crippen molar-refractivity contribution in [2.45, 2.75) is 61.9 Å². The summed E-state index contributed by atoms with van der Waals surface area (Å²) in [7, 11) is 0. The molecule has 0 aliphatic heterocycles. The summed E-state index contributed by atoms with van der Waals surface area (Å²) in [6.45, 7) is 10.9. The Kier molecular flexibility index (Phi) is 9.19. The molecule has 74 valence electrons. The van der Waals surface area contributed by atoms with E-state index in [1.807, 2.05) is 0 Å². The molecule has 0 saturated heterocycles. The summed E-state index contributed by atoms with van der Waals surface area (Å²) in [5.41, 5.74) is 0. The topological polar surface area (TPSA) is 0 Å². The minimum atomic E-state index is -0.277. The predicted molar refractivity (Wildman–Crippen MR) is 57.8 cm³/mol. The Morgan fingerprint density at radius 1 is 1.31 bits per heavy atom. The van der Waals surface area contributed by atoms with Crippen LogP contribution in [0.4, 0.5) is 0 Å². The van der Waals surface area contributed by atoms with Gasteiger partial charge in [0.1, 0.15) is 0 Å². The van der Waals surface area contributed by atoms with Crippen molar-refractivity contribution in [3.05, 3.63) is 12.7 Å². The number of unbranched alkanes of at least 4 members (excludes halogenated alkanes) is 2. The second kappa shape index (κ2) is 8.94. The van der Waals surface area contributed by atoms with Crippen molar-refractivity contribution in [2.75, 3.05) is 0 Å². The second-order valence-electron chi connectivity index (χ2n) is 4.52. The molecule has 0 saturated carbocycles. The maximum atomic E-state index is 3.87. The van der Waals surface area contributed by atoms with Crippen molar-refractivity contribution in [1.82, 2.24) is 0 Å². The molecule has 0 N–H and O–H groups in total. The Labute approximate surface area is 91.8 Å². The molecule has 0 amide bonds. The number of rotatable bonds is 8. The SMILES string of the molecule is C=CC[CH](CCCCC)[Zn][CH](C)C. The molecule has 0 aromatic heterocycles. The summed E-state index contributed by atoms with van der Waals surface area (Å²) in [5.74, 6) is 0. The van der Waals surface area contributed by atoms with Crippen LogP contribution in [0.2, 0.25) is 9.02 Å². The number of allylic oxidation sites excluding steroid dienone is 1. The molecule has 0 aromatic carbocycles. The molecule has 0 aliphatic rings.